The molecule has 0 aliphatic carbocycles. The van der Waals surface area contributed by atoms with Gasteiger partial charge in [-0.05, 0) is 32.9 Å². The first-order valence-corrected chi connectivity index (χ1v) is 4.96. The maximum absolute atomic E-state index is 10.9. The van der Waals surface area contributed by atoms with Crippen molar-refractivity contribution in [3.63, 3.8) is 0 Å². The van der Waals surface area contributed by atoms with E-state index < -0.39 is 11.4 Å². The third-order valence-corrected chi connectivity index (χ3v) is 2.36. The minimum absolute atomic E-state index is 0.422. The molecule has 82 valence electrons. The van der Waals surface area contributed by atoms with Crippen LogP contribution in [-0.2, 0) is 4.79 Å². The molecule has 0 saturated carbocycles. The summed E-state index contributed by atoms with van der Waals surface area (Å²) in [7, 11) is 0. The average Bonchev–Trinajstić information content (AvgIpc) is 2.17. The van der Waals surface area contributed by atoms with Crippen molar-refractivity contribution in [3.05, 3.63) is 29.8 Å². The lowest BCUT2D eigenvalue weighted by Crippen LogP contribution is -2.31. The third-order valence-electron chi connectivity index (χ3n) is 2.36. The van der Waals surface area contributed by atoms with Crippen molar-refractivity contribution in [2.75, 3.05) is 11.9 Å². The number of carbonyl (C=O) groups is 1. The summed E-state index contributed by atoms with van der Waals surface area (Å²) in [5.41, 5.74) is 1.40. The lowest BCUT2D eigenvalue weighted by molar-refractivity contribution is -0.146. The summed E-state index contributed by atoms with van der Waals surface area (Å²) in [6, 6.07) is 7.90. The molecule has 0 saturated heterocycles. The second kappa shape index (κ2) is 4.34. The fourth-order valence-electron chi connectivity index (χ4n) is 1.07. The molecule has 0 fully saturated rings. The molecule has 0 atom stereocenters. The molecule has 0 spiro atoms. The van der Waals surface area contributed by atoms with Crippen LogP contribution in [0.3, 0.4) is 0 Å². The van der Waals surface area contributed by atoms with Crippen molar-refractivity contribution < 1.29 is 9.90 Å². The number of hydrogen-bond acceptors (Lipinski definition) is 2. The van der Waals surface area contributed by atoms with Gasteiger partial charge in [0.2, 0.25) is 0 Å². The number of benzene rings is 1. The van der Waals surface area contributed by atoms with Crippen LogP contribution in [0.1, 0.15) is 19.4 Å². The SMILES string of the molecule is Cc1ccc(NCC(C)(C)C(=O)O)cc1. The highest BCUT2D eigenvalue weighted by Crippen LogP contribution is 2.17. The van der Waals surface area contributed by atoms with E-state index >= 15 is 0 Å². The Morgan fingerprint density at radius 3 is 2.33 bits per heavy atom. The van der Waals surface area contributed by atoms with Gasteiger partial charge in [0.05, 0.1) is 5.41 Å². The second-order valence-corrected chi connectivity index (χ2v) is 4.41. The number of anilines is 1. The first kappa shape index (κ1) is 11.6. The highest BCUT2D eigenvalue weighted by Gasteiger charge is 2.26. The van der Waals surface area contributed by atoms with Crippen molar-refractivity contribution in [3.8, 4) is 0 Å². The van der Waals surface area contributed by atoms with Crippen LogP contribution in [0.15, 0.2) is 24.3 Å². The Labute approximate surface area is 90.1 Å². The Bertz CT molecular complexity index is 341. The third kappa shape index (κ3) is 3.27. The molecule has 2 N–H and O–H groups in total. The molecule has 0 amide bonds. The summed E-state index contributed by atoms with van der Waals surface area (Å²) < 4.78 is 0. The molecule has 3 heteroatoms. The largest absolute Gasteiger partial charge is 0.481 e. The zero-order valence-corrected chi connectivity index (χ0v) is 9.37. The number of hydrogen-bond donors (Lipinski definition) is 2. The van der Waals surface area contributed by atoms with Gasteiger partial charge >= 0.3 is 5.97 Å². The summed E-state index contributed by atoms with van der Waals surface area (Å²) in [6.45, 7) is 5.85. The molecule has 0 aromatic heterocycles. The molecule has 1 aromatic rings. The lowest BCUT2D eigenvalue weighted by Gasteiger charge is -2.20. The van der Waals surface area contributed by atoms with Gasteiger partial charge in [-0.15, -0.1) is 0 Å². The molecule has 0 unspecified atom stereocenters. The van der Waals surface area contributed by atoms with Crippen LogP contribution in [0.4, 0.5) is 5.69 Å². The van der Waals surface area contributed by atoms with Gasteiger partial charge in [-0.2, -0.15) is 0 Å². The van der Waals surface area contributed by atoms with Gasteiger partial charge in [-0.1, -0.05) is 17.7 Å². The minimum Gasteiger partial charge on any atom is -0.481 e. The zero-order chi connectivity index (χ0) is 11.5. The van der Waals surface area contributed by atoms with Crippen LogP contribution in [0.25, 0.3) is 0 Å². The maximum atomic E-state index is 10.9. The monoisotopic (exact) mass is 207 g/mol. The normalized spacial score (nSPS) is 11.1. The Hall–Kier alpha value is -1.51. The van der Waals surface area contributed by atoms with E-state index in [0.29, 0.717) is 6.54 Å². The van der Waals surface area contributed by atoms with E-state index in [1.807, 2.05) is 31.2 Å². The predicted molar refractivity (Wildman–Crippen MR) is 61.1 cm³/mol. The van der Waals surface area contributed by atoms with Crippen LogP contribution in [0, 0.1) is 12.3 Å². The zero-order valence-electron chi connectivity index (χ0n) is 9.37. The number of nitrogens with one attached hydrogen (secondary N) is 1. The van der Waals surface area contributed by atoms with Gasteiger partial charge < -0.3 is 10.4 Å². The van der Waals surface area contributed by atoms with E-state index in [-0.39, 0.29) is 0 Å². The number of aryl methyl sites for hydroxylation is 1. The second-order valence-electron chi connectivity index (χ2n) is 4.41. The molecule has 1 aromatic carbocycles. The van der Waals surface area contributed by atoms with Gasteiger partial charge in [0, 0.05) is 12.2 Å². The fraction of sp³-hybridized carbons (Fsp3) is 0.417. The molecule has 0 heterocycles. The Morgan fingerprint density at radius 2 is 1.87 bits per heavy atom. The molecule has 1 rings (SSSR count). The molecular formula is C12H17NO2. The van der Waals surface area contributed by atoms with E-state index in [9.17, 15) is 4.79 Å². The number of rotatable bonds is 4. The summed E-state index contributed by atoms with van der Waals surface area (Å²) in [4.78, 5) is 10.9. The molecule has 0 radical (unpaired) electrons. The summed E-state index contributed by atoms with van der Waals surface area (Å²) in [6.07, 6.45) is 0. The standard InChI is InChI=1S/C12H17NO2/c1-9-4-6-10(7-5-9)13-8-12(2,3)11(14)15/h4-7,13H,8H2,1-3H3,(H,14,15). The summed E-state index contributed by atoms with van der Waals surface area (Å²) >= 11 is 0. The lowest BCUT2D eigenvalue weighted by atomic mass is 9.94. The first-order valence-electron chi connectivity index (χ1n) is 4.96. The molecule has 15 heavy (non-hydrogen) atoms. The number of carboxylic acids is 1. The average molecular weight is 207 g/mol. The van der Waals surface area contributed by atoms with Gasteiger partial charge in [0.15, 0.2) is 0 Å². The minimum atomic E-state index is -0.790. The Balaban J connectivity index is 2.57. The van der Waals surface area contributed by atoms with Crippen LogP contribution in [0.5, 0.6) is 0 Å². The quantitative estimate of drug-likeness (QED) is 0.797. The van der Waals surface area contributed by atoms with E-state index in [2.05, 4.69) is 5.32 Å². The highest BCUT2D eigenvalue weighted by atomic mass is 16.4. The summed E-state index contributed by atoms with van der Waals surface area (Å²) in [5.74, 6) is -0.790. The molecule has 0 bridgehead atoms. The topological polar surface area (TPSA) is 49.3 Å². The van der Waals surface area contributed by atoms with Gasteiger partial charge in [-0.3, -0.25) is 4.79 Å². The van der Waals surface area contributed by atoms with Crippen LogP contribution in [0.2, 0.25) is 0 Å². The van der Waals surface area contributed by atoms with Crippen LogP contribution < -0.4 is 5.32 Å². The van der Waals surface area contributed by atoms with Gasteiger partial charge in [-0.25, -0.2) is 0 Å². The Morgan fingerprint density at radius 1 is 1.33 bits per heavy atom. The van der Waals surface area contributed by atoms with Gasteiger partial charge in [0.25, 0.3) is 0 Å². The van der Waals surface area contributed by atoms with Crippen LogP contribution >= 0.6 is 0 Å². The van der Waals surface area contributed by atoms with E-state index in [0.717, 1.165) is 5.69 Å². The molecular weight excluding hydrogens is 190 g/mol. The van der Waals surface area contributed by atoms with E-state index in [1.165, 1.54) is 5.56 Å². The number of aliphatic carboxylic acids is 1. The molecule has 0 aliphatic rings. The fourth-order valence-corrected chi connectivity index (χ4v) is 1.07. The van der Waals surface area contributed by atoms with E-state index in [1.54, 1.807) is 13.8 Å². The first-order chi connectivity index (χ1) is 6.92. The summed E-state index contributed by atoms with van der Waals surface area (Å²) in [5, 5.41) is 12.0. The maximum Gasteiger partial charge on any atom is 0.310 e. The van der Waals surface area contributed by atoms with Crippen LogP contribution in [-0.4, -0.2) is 17.6 Å². The highest BCUT2D eigenvalue weighted by molar-refractivity contribution is 5.74. The van der Waals surface area contributed by atoms with Gasteiger partial charge in [0.1, 0.15) is 0 Å². The van der Waals surface area contributed by atoms with Crippen molar-refractivity contribution in [1.29, 1.82) is 0 Å². The molecule has 0 aliphatic heterocycles. The molecule has 3 nitrogen and oxygen atoms in total. The van der Waals surface area contributed by atoms with E-state index in [4.69, 9.17) is 5.11 Å². The van der Waals surface area contributed by atoms with Crippen molar-refractivity contribution in [2.24, 2.45) is 5.41 Å². The van der Waals surface area contributed by atoms with Crippen molar-refractivity contribution in [1.82, 2.24) is 0 Å². The van der Waals surface area contributed by atoms with Crippen molar-refractivity contribution >= 4 is 11.7 Å². The van der Waals surface area contributed by atoms with Crippen molar-refractivity contribution in [2.45, 2.75) is 20.8 Å². The Kier molecular flexibility index (Phi) is 3.35. The number of carboxylic acid groups (broad SMARTS) is 1. The predicted octanol–water partition coefficient (Wildman–Crippen LogP) is 2.52. The smallest absolute Gasteiger partial charge is 0.310 e.